The minimum absolute atomic E-state index is 0.302. The Kier molecular flexibility index (Phi) is 4.79. The molecule has 0 aliphatic carbocycles. The van der Waals surface area contributed by atoms with Crippen molar-refractivity contribution in [1.82, 2.24) is 5.32 Å². The summed E-state index contributed by atoms with van der Waals surface area (Å²) in [7, 11) is 0. The van der Waals surface area contributed by atoms with E-state index in [1.807, 2.05) is 18.2 Å². The first-order valence-corrected chi connectivity index (χ1v) is 7.76. The Morgan fingerprint density at radius 1 is 1.13 bits per heavy atom. The fourth-order valence-corrected chi connectivity index (χ4v) is 2.55. The van der Waals surface area contributed by atoms with Gasteiger partial charge in [0, 0.05) is 17.1 Å². The number of anilines is 1. The Morgan fingerprint density at radius 3 is 2.83 bits per heavy atom. The fourth-order valence-electron chi connectivity index (χ4n) is 2.21. The number of nitrogens with one attached hydrogen (secondary N) is 2. The van der Waals surface area contributed by atoms with Crippen LogP contribution in [-0.4, -0.2) is 19.2 Å². The van der Waals surface area contributed by atoms with E-state index in [0.29, 0.717) is 47.0 Å². The number of hydrogen-bond acceptors (Lipinski definition) is 3. The van der Waals surface area contributed by atoms with Gasteiger partial charge < -0.3 is 20.1 Å². The van der Waals surface area contributed by atoms with Crippen LogP contribution in [0.3, 0.4) is 0 Å². The van der Waals surface area contributed by atoms with Gasteiger partial charge in [0.25, 0.3) is 0 Å². The third-order valence-corrected chi connectivity index (χ3v) is 3.83. The Balaban J connectivity index is 1.64. The van der Waals surface area contributed by atoms with Crippen LogP contribution >= 0.6 is 23.2 Å². The molecular formula is C16H14Cl2N2O3. The summed E-state index contributed by atoms with van der Waals surface area (Å²) in [6.07, 6.45) is 0. The van der Waals surface area contributed by atoms with Crippen LogP contribution in [-0.2, 0) is 6.54 Å². The average Bonchev–Trinajstić information content (AvgIpc) is 2.56. The second-order valence-electron chi connectivity index (χ2n) is 4.87. The Labute approximate surface area is 143 Å². The smallest absolute Gasteiger partial charge is 0.319 e. The molecule has 0 spiro atoms. The lowest BCUT2D eigenvalue weighted by Crippen LogP contribution is -2.29. The van der Waals surface area contributed by atoms with Crippen molar-refractivity contribution in [3.63, 3.8) is 0 Å². The van der Waals surface area contributed by atoms with Crippen molar-refractivity contribution >= 4 is 34.9 Å². The van der Waals surface area contributed by atoms with Gasteiger partial charge in [0.2, 0.25) is 0 Å². The van der Waals surface area contributed by atoms with E-state index in [0.717, 1.165) is 5.56 Å². The van der Waals surface area contributed by atoms with Gasteiger partial charge in [-0.1, -0.05) is 35.3 Å². The lowest BCUT2D eigenvalue weighted by Gasteiger charge is -2.21. The van der Waals surface area contributed by atoms with Crippen molar-refractivity contribution in [2.24, 2.45) is 0 Å². The fraction of sp³-hybridized carbons (Fsp3) is 0.188. The summed E-state index contributed by atoms with van der Waals surface area (Å²) in [5.41, 5.74) is 1.29. The second-order valence-corrected chi connectivity index (χ2v) is 5.72. The molecule has 2 N–H and O–H groups in total. The Hall–Kier alpha value is -2.11. The predicted molar refractivity (Wildman–Crippen MR) is 89.8 cm³/mol. The summed E-state index contributed by atoms with van der Waals surface area (Å²) < 4.78 is 11.1. The third kappa shape index (κ3) is 3.81. The number of fused-ring (bicyclic) bond motifs is 1. The quantitative estimate of drug-likeness (QED) is 0.874. The number of rotatable bonds is 3. The largest absolute Gasteiger partial charge is 0.486 e. The molecule has 5 nitrogen and oxygen atoms in total. The molecule has 0 bridgehead atoms. The van der Waals surface area contributed by atoms with E-state index < -0.39 is 0 Å². The van der Waals surface area contributed by atoms with Crippen LogP contribution in [0.15, 0.2) is 36.4 Å². The molecule has 1 heterocycles. The van der Waals surface area contributed by atoms with Gasteiger partial charge in [-0.3, -0.25) is 0 Å². The first kappa shape index (κ1) is 15.8. The van der Waals surface area contributed by atoms with Gasteiger partial charge in [-0.05, 0) is 24.3 Å². The lowest BCUT2D eigenvalue weighted by molar-refractivity contribution is 0.169. The molecule has 2 aromatic rings. The van der Waals surface area contributed by atoms with Gasteiger partial charge in [0.05, 0.1) is 10.7 Å². The minimum Gasteiger partial charge on any atom is -0.486 e. The second kappa shape index (κ2) is 6.98. The number of ether oxygens (including phenoxy) is 2. The molecule has 0 radical (unpaired) electrons. The van der Waals surface area contributed by atoms with Crippen molar-refractivity contribution < 1.29 is 14.3 Å². The zero-order valence-corrected chi connectivity index (χ0v) is 13.6. The molecule has 3 rings (SSSR count). The van der Waals surface area contributed by atoms with Gasteiger partial charge >= 0.3 is 6.03 Å². The van der Waals surface area contributed by atoms with E-state index in [1.54, 1.807) is 18.2 Å². The van der Waals surface area contributed by atoms with Crippen LogP contribution in [0.25, 0.3) is 0 Å². The van der Waals surface area contributed by atoms with Crippen molar-refractivity contribution in [3.05, 3.63) is 52.0 Å². The number of amides is 2. The highest BCUT2D eigenvalue weighted by molar-refractivity contribution is 6.35. The number of halogens is 2. The summed E-state index contributed by atoms with van der Waals surface area (Å²) >= 11 is 11.9. The summed E-state index contributed by atoms with van der Waals surface area (Å²) in [5, 5.41) is 6.33. The van der Waals surface area contributed by atoms with Crippen molar-refractivity contribution in [3.8, 4) is 11.5 Å². The molecule has 2 aromatic carbocycles. The molecule has 0 atom stereocenters. The van der Waals surface area contributed by atoms with E-state index in [-0.39, 0.29) is 6.03 Å². The normalized spacial score (nSPS) is 12.6. The number of carbonyl (C=O) groups is 1. The first-order valence-electron chi connectivity index (χ1n) is 7.01. The molecule has 1 aliphatic rings. The third-order valence-electron chi connectivity index (χ3n) is 3.26. The van der Waals surface area contributed by atoms with Crippen molar-refractivity contribution in [2.75, 3.05) is 18.5 Å². The van der Waals surface area contributed by atoms with E-state index in [1.165, 1.54) is 0 Å². The molecule has 0 fully saturated rings. The first-order chi connectivity index (χ1) is 11.1. The molecule has 120 valence electrons. The SMILES string of the molecule is O=C(NCc1cccc2c1OCCO2)Nc1cc(Cl)ccc1Cl. The number of urea groups is 1. The Bertz CT molecular complexity index is 737. The average molecular weight is 353 g/mol. The molecule has 0 saturated heterocycles. The number of hydrogen-bond donors (Lipinski definition) is 2. The summed E-state index contributed by atoms with van der Waals surface area (Å²) in [6.45, 7) is 1.32. The molecule has 0 aromatic heterocycles. The van der Waals surface area contributed by atoms with Crippen LogP contribution in [0, 0.1) is 0 Å². The topological polar surface area (TPSA) is 59.6 Å². The van der Waals surface area contributed by atoms with Gasteiger partial charge in [0.1, 0.15) is 13.2 Å². The minimum atomic E-state index is -0.386. The molecular weight excluding hydrogens is 339 g/mol. The molecule has 2 amide bonds. The molecule has 7 heteroatoms. The highest BCUT2D eigenvalue weighted by atomic mass is 35.5. The van der Waals surface area contributed by atoms with Crippen LogP contribution in [0.2, 0.25) is 10.0 Å². The molecule has 23 heavy (non-hydrogen) atoms. The van der Waals surface area contributed by atoms with E-state index in [9.17, 15) is 4.79 Å². The van der Waals surface area contributed by atoms with E-state index >= 15 is 0 Å². The van der Waals surface area contributed by atoms with Gasteiger partial charge in [0.15, 0.2) is 11.5 Å². The maximum atomic E-state index is 12.0. The molecule has 1 aliphatic heterocycles. The maximum Gasteiger partial charge on any atom is 0.319 e. The highest BCUT2D eigenvalue weighted by Crippen LogP contribution is 2.33. The van der Waals surface area contributed by atoms with Gasteiger partial charge in [-0.15, -0.1) is 0 Å². The monoisotopic (exact) mass is 352 g/mol. The predicted octanol–water partition coefficient (Wildman–Crippen LogP) is 4.09. The van der Waals surface area contributed by atoms with Crippen molar-refractivity contribution in [1.29, 1.82) is 0 Å². The van der Waals surface area contributed by atoms with Gasteiger partial charge in [-0.2, -0.15) is 0 Å². The number of carbonyl (C=O) groups excluding carboxylic acids is 1. The summed E-state index contributed by atoms with van der Waals surface area (Å²) in [5.74, 6) is 1.36. The maximum absolute atomic E-state index is 12.0. The number of para-hydroxylation sites is 1. The zero-order chi connectivity index (χ0) is 16.2. The van der Waals surface area contributed by atoms with Crippen LogP contribution < -0.4 is 20.1 Å². The summed E-state index contributed by atoms with van der Waals surface area (Å²) in [6, 6.07) is 10.0. The van der Waals surface area contributed by atoms with E-state index in [2.05, 4.69) is 10.6 Å². The summed E-state index contributed by atoms with van der Waals surface area (Å²) in [4.78, 5) is 12.0. The van der Waals surface area contributed by atoms with Crippen LogP contribution in [0.4, 0.5) is 10.5 Å². The van der Waals surface area contributed by atoms with E-state index in [4.69, 9.17) is 32.7 Å². The van der Waals surface area contributed by atoms with Crippen LogP contribution in [0.1, 0.15) is 5.56 Å². The highest BCUT2D eigenvalue weighted by Gasteiger charge is 2.16. The molecule has 0 saturated carbocycles. The lowest BCUT2D eigenvalue weighted by atomic mass is 10.1. The van der Waals surface area contributed by atoms with Crippen LogP contribution in [0.5, 0.6) is 11.5 Å². The standard InChI is InChI=1S/C16H14Cl2N2O3/c17-11-4-5-12(18)13(8-11)20-16(21)19-9-10-2-1-3-14-15(10)23-7-6-22-14/h1-5,8H,6-7,9H2,(H2,19,20,21). The van der Waals surface area contributed by atoms with Gasteiger partial charge in [-0.25, -0.2) is 4.79 Å². The Morgan fingerprint density at radius 2 is 1.96 bits per heavy atom. The number of benzene rings is 2. The molecule has 0 unspecified atom stereocenters. The van der Waals surface area contributed by atoms with Crippen molar-refractivity contribution in [2.45, 2.75) is 6.54 Å². The zero-order valence-electron chi connectivity index (χ0n) is 12.1.